The maximum absolute atomic E-state index is 7.76. The van der Waals surface area contributed by atoms with Crippen molar-refractivity contribution in [2.75, 3.05) is 0 Å². The van der Waals surface area contributed by atoms with Crippen LogP contribution in [-0.2, 0) is 4.74 Å². The van der Waals surface area contributed by atoms with Crippen LogP contribution in [0.15, 0.2) is 41.1 Å². The summed E-state index contributed by atoms with van der Waals surface area (Å²) in [6, 6.07) is 0. The molecule has 0 amide bonds. The normalized spacial score (nSPS) is 15.7. The molecule has 1 saturated carbocycles. The summed E-state index contributed by atoms with van der Waals surface area (Å²) < 4.78 is 5.37. The summed E-state index contributed by atoms with van der Waals surface area (Å²) in [6.45, 7) is 12.8. The fourth-order valence-corrected chi connectivity index (χ4v) is 1.01. The van der Waals surface area contributed by atoms with Crippen molar-refractivity contribution in [3.05, 3.63) is 36.1 Å². The number of hydrogen-bond acceptors (Lipinski definition) is 3. The van der Waals surface area contributed by atoms with E-state index in [0.717, 1.165) is 18.4 Å². The largest absolute Gasteiger partial charge is 0.474 e. The lowest BCUT2D eigenvalue weighted by atomic mass is 10.0. The van der Waals surface area contributed by atoms with Gasteiger partial charge in [-0.15, -0.1) is 0 Å². The molecule has 0 aromatic heterocycles. The Labute approximate surface area is 90.4 Å². The number of ether oxygens (including phenoxy) is 1. The molecule has 0 aromatic rings. The second-order valence-electron chi connectivity index (χ2n) is 3.63. The molecule has 0 atom stereocenters. The minimum Gasteiger partial charge on any atom is -0.474 e. The molecule has 0 aromatic carbocycles. The van der Waals surface area contributed by atoms with Gasteiger partial charge in [0.25, 0.3) is 0 Å². The smallest absolute Gasteiger partial charge is 0.215 e. The fraction of sp³-hybridized carbons (Fsp3) is 0.333. The fourth-order valence-electron chi connectivity index (χ4n) is 1.01. The second kappa shape index (κ2) is 4.73. The van der Waals surface area contributed by atoms with Crippen LogP contribution in [0.4, 0.5) is 0 Å². The summed E-state index contributed by atoms with van der Waals surface area (Å²) in [5, 5.41) is 7.76. The van der Waals surface area contributed by atoms with Crippen molar-refractivity contribution < 1.29 is 4.74 Å². The summed E-state index contributed by atoms with van der Waals surface area (Å²) in [4.78, 5) is 3.65. The van der Waals surface area contributed by atoms with E-state index in [-0.39, 0.29) is 12.0 Å². The van der Waals surface area contributed by atoms with Crippen molar-refractivity contribution in [3.63, 3.8) is 0 Å². The molecule has 15 heavy (non-hydrogen) atoms. The van der Waals surface area contributed by atoms with Crippen LogP contribution in [-0.4, -0.2) is 18.7 Å². The van der Waals surface area contributed by atoms with E-state index in [1.165, 1.54) is 6.20 Å². The standard InChI is InChI=1S/C12H16N2O/c1-8(2)9(3)11(7-14-4)12(13)15-10-5-6-10/h7,10,13H,1,3-6H2,2H3/b11-7+,13-12?. The Morgan fingerprint density at radius 3 is 2.47 bits per heavy atom. The highest BCUT2D eigenvalue weighted by molar-refractivity contribution is 5.96. The molecular formula is C12H16N2O. The topological polar surface area (TPSA) is 45.4 Å². The molecule has 0 radical (unpaired) electrons. The molecule has 1 fully saturated rings. The van der Waals surface area contributed by atoms with Crippen molar-refractivity contribution in [2.24, 2.45) is 4.99 Å². The van der Waals surface area contributed by atoms with E-state index in [9.17, 15) is 0 Å². The Morgan fingerprint density at radius 2 is 2.07 bits per heavy atom. The quantitative estimate of drug-likeness (QED) is 0.418. The van der Waals surface area contributed by atoms with Gasteiger partial charge in [0.05, 0.1) is 5.57 Å². The Morgan fingerprint density at radius 1 is 1.47 bits per heavy atom. The van der Waals surface area contributed by atoms with E-state index in [0.29, 0.717) is 11.1 Å². The van der Waals surface area contributed by atoms with Crippen LogP contribution < -0.4 is 0 Å². The Balaban J connectivity index is 2.76. The van der Waals surface area contributed by atoms with Gasteiger partial charge >= 0.3 is 0 Å². The molecule has 0 saturated heterocycles. The van der Waals surface area contributed by atoms with Crippen molar-refractivity contribution >= 4 is 12.6 Å². The monoisotopic (exact) mass is 204 g/mol. The van der Waals surface area contributed by atoms with E-state index in [1.54, 1.807) is 0 Å². The van der Waals surface area contributed by atoms with E-state index in [2.05, 4.69) is 24.9 Å². The Kier molecular flexibility index (Phi) is 3.61. The second-order valence-corrected chi connectivity index (χ2v) is 3.63. The molecule has 0 aliphatic heterocycles. The van der Waals surface area contributed by atoms with E-state index in [4.69, 9.17) is 10.1 Å². The molecule has 1 aliphatic rings. The van der Waals surface area contributed by atoms with Crippen molar-refractivity contribution in [2.45, 2.75) is 25.9 Å². The van der Waals surface area contributed by atoms with Crippen LogP contribution in [0.1, 0.15) is 19.8 Å². The van der Waals surface area contributed by atoms with Gasteiger partial charge in [0.1, 0.15) is 6.10 Å². The molecular weight excluding hydrogens is 188 g/mol. The third-order valence-electron chi connectivity index (χ3n) is 2.11. The van der Waals surface area contributed by atoms with Gasteiger partial charge in [0.15, 0.2) is 0 Å². The van der Waals surface area contributed by atoms with Gasteiger partial charge in [0.2, 0.25) is 5.90 Å². The first kappa shape index (κ1) is 11.4. The Hall–Kier alpha value is -1.64. The molecule has 0 bridgehead atoms. The molecule has 0 unspecified atom stereocenters. The van der Waals surface area contributed by atoms with Gasteiger partial charge < -0.3 is 4.74 Å². The van der Waals surface area contributed by atoms with Gasteiger partial charge in [-0.05, 0) is 32.1 Å². The number of allylic oxidation sites excluding steroid dienone is 1. The molecule has 80 valence electrons. The highest BCUT2D eigenvalue weighted by Crippen LogP contribution is 2.26. The van der Waals surface area contributed by atoms with E-state index >= 15 is 0 Å². The first-order valence-corrected chi connectivity index (χ1v) is 4.83. The maximum Gasteiger partial charge on any atom is 0.215 e. The molecule has 0 spiro atoms. The zero-order valence-corrected chi connectivity index (χ0v) is 9.05. The average molecular weight is 204 g/mol. The van der Waals surface area contributed by atoms with Crippen LogP contribution in [0, 0.1) is 5.41 Å². The maximum atomic E-state index is 7.76. The zero-order valence-electron chi connectivity index (χ0n) is 9.05. The van der Waals surface area contributed by atoms with Crippen LogP contribution in [0.3, 0.4) is 0 Å². The summed E-state index contributed by atoms with van der Waals surface area (Å²) in [6.07, 6.45) is 3.73. The third kappa shape index (κ3) is 3.20. The number of hydrogen-bond donors (Lipinski definition) is 1. The predicted octanol–water partition coefficient (Wildman–Crippen LogP) is 2.86. The molecule has 1 aliphatic carbocycles. The first-order valence-electron chi connectivity index (χ1n) is 4.83. The van der Waals surface area contributed by atoms with Crippen LogP contribution in [0.25, 0.3) is 0 Å². The van der Waals surface area contributed by atoms with Gasteiger partial charge in [-0.1, -0.05) is 18.7 Å². The number of nitrogens with one attached hydrogen (secondary N) is 1. The predicted molar refractivity (Wildman–Crippen MR) is 63.4 cm³/mol. The molecule has 3 nitrogen and oxygen atoms in total. The van der Waals surface area contributed by atoms with Crippen molar-refractivity contribution in [1.29, 1.82) is 5.41 Å². The summed E-state index contributed by atoms with van der Waals surface area (Å²) >= 11 is 0. The summed E-state index contributed by atoms with van der Waals surface area (Å²) in [5.41, 5.74) is 2.03. The van der Waals surface area contributed by atoms with Crippen molar-refractivity contribution in [1.82, 2.24) is 0 Å². The number of rotatable bonds is 5. The van der Waals surface area contributed by atoms with Crippen molar-refractivity contribution in [3.8, 4) is 0 Å². The SMILES string of the molecule is C=N/C=C(\C(=C)C(=C)C)C(=N)OC1CC1. The highest BCUT2D eigenvalue weighted by Gasteiger charge is 2.26. The minimum atomic E-state index is 0.109. The van der Waals surface area contributed by atoms with Gasteiger partial charge in [-0.25, -0.2) is 0 Å². The average Bonchev–Trinajstić information content (AvgIpc) is 2.96. The van der Waals surface area contributed by atoms with Gasteiger partial charge in [-0.3, -0.25) is 10.4 Å². The van der Waals surface area contributed by atoms with Gasteiger partial charge in [-0.2, -0.15) is 0 Å². The molecule has 3 heteroatoms. The summed E-state index contributed by atoms with van der Waals surface area (Å²) in [7, 11) is 0. The van der Waals surface area contributed by atoms with Crippen LogP contribution in [0.2, 0.25) is 0 Å². The molecule has 1 N–H and O–H groups in total. The third-order valence-corrected chi connectivity index (χ3v) is 2.11. The first-order chi connectivity index (χ1) is 7.06. The Bertz CT molecular complexity index is 349. The lowest BCUT2D eigenvalue weighted by Gasteiger charge is -2.11. The van der Waals surface area contributed by atoms with Crippen LogP contribution in [0.5, 0.6) is 0 Å². The zero-order chi connectivity index (χ0) is 11.4. The van der Waals surface area contributed by atoms with Gasteiger partial charge in [0, 0.05) is 6.20 Å². The lowest BCUT2D eigenvalue weighted by molar-refractivity contribution is 0.287. The lowest BCUT2D eigenvalue weighted by Crippen LogP contribution is -2.10. The molecule has 1 rings (SSSR count). The van der Waals surface area contributed by atoms with E-state index in [1.807, 2.05) is 6.92 Å². The number of aliphatic imine (C=N–C) groups is 1. The highest BCUT2D eigenvalue weighted by atomic mass is 16.5. The number of nitrogens with zero attached hydrogens (tertiary/aromatic N) is 1. The van der Waals surface area contributed by atoms with Crippen LogP contribution >= 0.6 is 0 Å². The molecule has 0 heterocycles. The van der Waals surface area contributed by atoms with E-state index < -0.39 is 0 Å². The summed E-state index contributed by atoms with van der Waals surface area (Å²) in [5.74, 6) is 0.109. The minimum absolute atomic E-state index is 0.109.